The Hall–Kier alpha value is -3.16. The van der Waals surface area contributed by atoms with Gasteiger partial charge in [-0.2, -0.15) is 0 Å². The van der Waals surface area contributed by atoms with Crippen molar-refractivity contribution in [3.05, 3.63) is 41.3 Å². The Bertz CT molecular complexity index is 912. The Balaban J connectivity index is 1.64. The highest BCUT2D eigenvalue weighted by Gasteiger charge is 2.18. The highest BCUT2D eigenvalue weighted by atomic mass is 32.1. The molecule has 27 heavy (non-hydrogen) atoms. The molecular weight excluding hydrogens is 373 g/mol. The van der Waals surface area contributed by atoms with Crippen molar-refractivity contribution in [2.24, 2.45) is 10.7 Å². The number of anilines is 1. The Morgan fingerprint density at radius 3 is 3.19 bits per heavy atom. The molecule has 1 aromatic heterocycles. The third-order valence-electron chi connectivity index (χ3n) is 3.64. The highest BCUT2D eigenvalue weighted by molar-refractivity contribution is 7.14. The standard InChI is InChI=1S/C17H16FN5O3S/c1-23-9-26-7-12(14(23)5-19)20-6-16(25)22-17-21-13(8-27-17)10-2-3-15(24)11(18)4-10/h4-5,8,24H,6-7,9,19H2,1H3,(H,21,22,25). The van der Waals surface area contributed by atoms with Gasteiger partial charge >= 0.3 is 0 Å². The number of ether oxygens (including phenoxy) is 1. The van der Waals surface area contributed by atoms with Crippen LogP contribution >= 0.6 is 11.3 Å². The molecule has 1 aliphatic rings. The van der Waals surface area contributed by atoms with Gasteiger partial charge < -0.3 is 25.8 Å². The normalized spacial score (nSPS) is 17.2. The smallest absolute Gasteiger partial charge is 0.247 e. The van der Waals surface area contributed by atoms with Gasteiger partial charge in [0.05, 0.1) is 29.3 Å². The van der Waals surface area contributed by atoms with Crippen LogP contribution in [0.1, 0.15) is 0 Å². The fraction of sp³-hybridized carbons (Fsp3) is 0.235. The molecule has 2 aromatic rings. The number of nitrogens with zero attached hydrogens (tertiary/aromatic N) is 3. The van der Waals surface area contributed by atoms with E-state index in [1.54, 1.807) is 10.3 Å². The van der Waals surface area contributed by atoms with E-state index < -0.39 is 11.6 Å². The monoisotopic (exact) mass is 389 g/mol. The summed E-state index contributed by atoms with van der Waals surface area (Å²) < 4.78 is 18.8. The molecule has 4 N–H and O–H groups in total. The summed E-state index contributed by atoms with van der Waals surface area (Å²) in [7, 11) is 1.81. The summed E-state index contributed by atoms with van der Waals surface area (Å²) in [6.07, 6.45) is 1.43. The van der Waals surface area contributed by atoms with Crippen LogP contribution in [0.15, 0.2) is 28.3 Å². The number of hydrogen-bond acceptors (Lipinski definition) is 8. The first-order chi connectivity index (χ1) is 13.0. The van der Waals surface area contributed by atoms with Crippen LogP contribution in [-0.4, -0.2) is 53.5 Å². The zero-order valence-corrected chi connectivity index (χ0v) is 15.1. The van der Waals surface area contributed by atoms with Crippen LogP contribution in [0.25, 0.3) is 11.3 Å². The molecule has 3 rings (SSSR count). The number of halogens is 1. The molecule has 0 radical (unpaired) electrons. The fourth-order valence-electron chi connectivity index (χ4n) is 2.33. The Morgan fingerprint density at radius 1 is 1.63 bits per heavy atom. The predicted molar refractivity (Wildman–Crippen MR) is 98.6 cm³/mol. The molecule has 10 heteroatoms. The van der Waals surface area contributed by atoms with E-state index in [4.69, 9.17) is 15.6 Å². The molecule has 0 atom stereocenters. The molecule has 0 spiro atoms. The van der Waals surface area contributed by atoms with Gasteiger partial charge in [0.1, 0.15) is 13.3 Å². The number of nitrogens with two attached hydrogens (primary N) is 1. The molecular formula is C17H16FN5O3S. The van der Waals surface area contributed by atoms with E-state index in [1.165, 1.54) is 17.5 Å². The van der Waals surface area contributed by atoms with Crippen molar-refractivity contribution in [1.82, 2.24) is 9.88 Å². The van der Waals surface area contributed by atoms with E-state index in [-0.39, 0.29) is 19.1 Å². The van der Waals surface area contributed by atoms with Gasteiger partial charge in [0, 0.05) is 18.6 Å². The molecule has 0 saturated carbocycles. The highest BCUT2D eigenvalue weighted by Crippen LogP contribution is 2.25. The Morgan fingerprint density at radius 2 is 2.44 bits per heavy atom. The number of aliphatic imine (C=N–C) groups is 1. The lowest BCUT2D eigenvalue weighted by Gasteiger charge is -2.28. The van der Waals surface area contributed by atoms with E-state index in [0.717, 1.165) is 6.07 Å². The number of aromatic nitrogens is 1. The molecule has 2 heterocycles. The Kier molecular flexibility index (Phi) is 5.54. The van der Waals surface area contributed by atoms with Crippen LogP contribution in [0, 0.1) is 17.9 Å². The largest absolute Gasteiger partial charge is 0.499 e. The average molecular weight is 389 g/mol. The van der Waals surface area contributed by atoms with Crippen LogP contribution in [-0.2, 0) is 9.53 Å². The minimum atomic E-state index is -0.818. The maximum atomic E-state index is 13.4. The fourth-order valence-corrected chi connectivity index (χ4v) is 3.06. The molecule has 1 aliphatic heterocycles. The van der Waals surface area contributed by atoms with Gasteiger partial charge in [0.15, 0.2) is 10.9 Å². The third-order valence-corrected chi connectivity index (χ3v) is 4.40. The first-order valence-electron chi connectivity index (χ1n) is 7.80. The molecule has 0 unspecified atom stereocenters. The summed E-state index contributed by atoms with van der Waals surface area (Å²) in [4.78, 5) is 22.4. The van der Waals surface area contributed by atoms with Crippen LogP contribution in [0.2, 0.25) is 0 Å². The molecule has 0 aliphatic carbocycles. The summed E-state index contributed by atoms with van der Waals surface area (Å²) in [5.41, 5.74) is 7.63. The quantitative estimate of drug-likeness (QED) is 0.728. The number of carbonyl (C=O) groups excluding carboxylic acids is 1. The van der Waals surface area contributed by atoms with Gasteiger partial charge in [-0.05, 0) is 12.1 Å². The lowest BCUT2D eigenvalue weighted by molar-refractivity contribution is -0.114. The molecule has 140 valence electrons. The van der Waals surface area contributed by atoms with Gasteiger partial charge in [-0.25, -0.2) is 9.37 Å². The zero-order valence-electron chi connectivity index (χ0n) is 14.3. The lowest BCUT2D eigenvalue weighted by Crippen LogP contribution is -2.36. The van der Waals surface area contributed by atoms with Gasteiger partial charge in [0.2, 0.25) is 11.7 Å². The SMILES string of the molecule is CN1COCC(=NCC(=O)Nc2nc(-c3c#cc(O)c(F)c3)cs2)C1=CN. The Labute approximate surface area is 158 Å². The minimum Gasteiger partial charge on any atom is -0.499 e. The summed E-state index contributed by atoms with van der Waals surface area (Å²) in [5, 5.41) is 13.8. The lowest BCUT2D eigenvalue weighted by atomic mass is 10.2. The van der Waals surface area contributed by atoms with Gasteiger partial charge in [-0.1, -0.05) is 6.07 Å². The number of nitrogens with one attached hydrogen (secondary N) is 1. The number of rotatable bonds is 4. The first-order valence-corrected chi connectivity index (χ1v) is 8.68. The van der Waals surface area contributed by atoms with Crippen molar-refractivity contribution in [1.29, 1.82) is 0 Å². The second-order valence-corrected chi connectivity index (χ2v) is 6.44. The number of carbonyl (C=O) groups is 1. The summed E-state index contributed by atoms with van der Waals surface area (Å²) in [6, 6.07) is 5.97. The average Bonchev–Trinajstić information content (AvgIpc) is 3.10. The van der Waals surface area contributed by atoms with E-state index >= 15 is 0 Å². The maximum Gasteiger partial charge on any atom is 0.247 e. The zero-order chi connectivity index (χ0) is 19.4. The number of hydrogen-bond donors (Lipinski definition) is 3. The molecule has 1 saturated heterocycles. The minimum absolute atomic E-state index is 0.119. The predicted octanol–water partition coefficient (Wildman–Crippen LogP) is 1.35. The molecule has 1 aromatic carbocycles. The van der Waals surface area contributed by atoms with Crippen molar-refractivity contribution in [2.75, 3.05) is 32.2 Å². The van der Waals surface area contributed by atoms with Crippen molar-refractivity contribution in [2.45, 2.75) is 0 Å². The van der Waals surface area contributed by atoms with Crippen LogP contribution < -0.4 is 11.1 Å². The second kappa shape index (κ2) is 8.03. The van der Waals surface area contributed by atoms with Crippen molar-refractivity contribution in [3.63, 3.8) is 0 Å². The number of thiazole rings is 1. The van der Waals surface area contributed by atoms with E-state index in [0.29, 0.717) is 34.5 Å². The first kappa shape index (κ1) is 18.6. The molecule has 8 nitrogen and oxygen atoms in total. The van der Waals surface area contributed by atoms with Crippen molar-refractivity contribution < 1.29 is 19.0 Å². The summed E-state index contributed by atoms with van der Waals surface area (Å²) in [5.74, 6) is -1.79. The third kappa shape index (κ3) is 4.33. The van der Waals surface area contributed by atoms with Gasteiger partial charge in [-0.3, -0.25) is 9.79 Å². The van der Waals surface area contributed by atoms with Gasteiger partial charge in [0.25, 0.3) is 0 Å². The molecule has 0 bridgehead atoms. The number of aromatic hydroxyl groups is 1. The van der Waals surface area contributed by atoms with Crippen LogP contribution in [0.3, 0.4) is 0 Å². The van der Waals surface area contributed by atoms with Crippen LogP contribution in [0.5, 0.6) is 5.75 Å². The number of amides is 1. The van der Waals surface area contributed by atoms with E-state index in [9.17, 15) is 9.18 Å². The van der Waals surface area contributed by atoms with E-state index in [2.05, 4.69) is 27.4 Å². The second-order valence-electron chi connectivity index (χ2n) is 5.58. The topological polar surface area (TPSA) is 113 Å². The van der Waals surface area contributed by atoms with Crippen molar-refractivity contribution in [3.8, 4) is 17.0 Å². The van der Waals surface area contributed by atoms with Crippen LogP contribution in [0.4, 0.5) is 9.52 Å². The molecule has 1 amide bonds. The van der Waals surface area contributed by atoms with E-state index in [1.807, 2.05) is 7.05 Å². The van der Waals surface area contributed by atoms with Gasteiger partial charge in [-0.15, -0.1) is 11.3 Å². The van der Waals surface area contributed by atoms with Crippen molar-refractivity contribution >= 4 is 28.1 Å². The molecule has 1 fully saturated rings. The summed E-state index contributed by atoms with van der Waals surface area (Å²) in [6.45, 7) is 0.565. The maximum absolute atomic E-state index is 13.4. The summed E-state index contributed by atoms with van der Waals surface area (Å²) >= 11 is 1.17.